The molecule has 0 aliphatic carbocycles. The number of ether oxygens (including phenoxy) is 1. The van der Waals surface area contributed by atoms with Gasteiger partial charge in [-0.1, -0.05) is 6.07 Å². The topological polar surface area (TPSA) is 22.1 Å². The minimum absolute atomic E-state index is 0.320. The van der Waals surface area contributed by atoms with E-state index >= 15 is 0 Å². The number of benzene rings is 1. The summed E-state index contributed by atoms with van der Waals surface area (Å²) in [6.07, 6.45) is 1.67. The Morgan fingerprint density at radius 2 is 1.94 bits per heavy atom. The van der Waals surface area contributed by atoms with Crippen LogP contribution in [-0.2, 0) is 0 Å². The van der Waals surface area contributed by atoms with E-state index in [9.17, 15) is 4.39 Å². The second kappa shape index (κ2) is 4.84. The molecular weight excluding hydrogens is 285 g/mol. The summed E-state index contributed by atoms with van der Waals surface area (Å²) in [5.74, 6) is 0.623. The number of nitrogens with zero attached hydrogens (tertiary/aromatic N) is 1. The van der Waals surface area contributed by atoms with E-state index in [1.54, 1.807) is 18.3 Å². The summed E-state index contributed by atoms with van der Waals surface area (Å²) >= 11 is 3.36. The molecule has 2 rings (SSSR count). The Bertz CT molecular complexity index is 557. The first-order valence-corrected chi connectivity index (χ1v) is 5.92. The van der Waals surface area contributed by atoms with Crippen LogP contribution >= 0.6 is 15.9 Å². The fraction of sp³-hybridized carbons (Fsp3) is 0.154. The maximum atomic E-state index is 13.1. The van der Waals surface area contributed by atoms with Crippen molar-refractivity contribution in [2.24, 2.45) is 0 Å². The van der Waals surface area contributed by atoms with Gasteiger partial charge >= 0.3 is 0 Å². The van der Waals surface area contributed by atoms with E-state index in [2.05, 4.69) is 20.9 Å². The molecule has 1 heterocycles. The van der Waals surface area contributed by atoms with E-state index in [4.69, 9.17) is 4.74 Å². The first-order chi connectivity index (χ1) is 8.06. The first kappa shape index (κ1) is 12.0. The summed E-state index contributed by atoms with van der Waals surface area (Å²) in [7, 11) is 0. The fourth-order valence-corrected chi connectivity index (χ4v) is 1.58. The molecule has 4 heteroatoms. The Morgan fingerprint density at radius 1 is 1.18 bits per heavy atom. The molecule has 1 aromatic carbocycles. The van der Waals surface area contributed by atoms with Crippen LogP contribution in [0.3, 0.4) is 0 Å². The molecular formula is C13H11BrFNO. The molecule has 0 N–H and O–H groups in total. The number of aromatic nitrogens is 1. The fourth-order valence-electron chi connectivity index (χ4n) is 1.37. The van der Waals surface area contributed by atoms with Crippen molar-refractivity contribution in [3.05, 3.63) is 51.9 Å². The van der Waals surface area contributed by atoms with E-state index in [0.29, 0.717) is 11.6 Å². The molecule has 2 nitrogen and oxygen atoms in total. The number of hydrogen-bond acceptors (Lipinski definition) is 2. The highest BCUT2D eigenvalue weighted by molar-refractivity contribution is 9.10. The molecule has 0 radical (unpaired) electrons. The monoisotopic (exact) mass is 295 g/mol. The summed E-state index contributed by atoms with van der Waals surface area (Å²) in [5, 5.41) is 0. The summed E-state index contributed by atoms with van der Waals surface area (Å²) in [6, 6.07) is 6.24. The van der Waals surface area contributed by atoms with Crippen molar-refractivity contribution in [2.45, 2.75) is 13.8 Å². The van der Waals surface area contributed by atoms with Crippen LogP contribution in [0.25, 0.3) is 0 Å². The van der Waals surface area contributed by atoms with E-state index < -0.39 is 0 Å². The van der Waals surface area contributed by atoms with E-state index in [0.717, 1.165) is 15.6 Å². The largest absolute Gasteiger partial charge is 0.439 e. The van der Waals surface area contributed by atoms with Crippen molar-refractivity contribution in [3.63, 3.8) is 0 Å². The van der Waals surface area contributed by atoms with Gasteiger partial charge in [0.25, 0.3) is 0 Å². The minimum atomic E-state index is -0.320. The molecule has 0 bridgehead atoms. The highest BCUT2D eigenvalue weighted by atomic mass is 79.9. The highest BCUT2D eigenvalue weighted by Gasteiger charge is 2.05. The van der Waals surface area contributed by atoms with Crippen molar-refractivity contribution in [2.75, 3.05) is 0 Å². The highest BCUT2D eigenvalue weighted by Crippen LogP contribution is 2.26. The van der Waals surface area contributed by atoms with Crippen LogP contribution in [0, 0.1) is 19.7 Å². The van der Waals surface area contributed by atoms with Crippen LogP contribution in [0.5, 0.6) is 11.6 Å². The number of aryl methyl sites for hydroxylation is 2. The zero-order valence-corrected chi connectivity index (χ0v) is 11.1. The van der Waals surface area contributed by atoms with Crippen LogP contribution < -0.4 is 4.74 Å². The third kappa shape index (κ3) is 2.82. The summed E-state index contributed by atoms with van der Waals surface area (Å²) < 4.78 is 19.6. The Hall–Kier alpha value is -1.42. The van der Waals surface area contributed by atoms with E-state index in [1.165, 1.54) is 12.1 Å². The maximum absolute atomic E-state index is 13.1. The van der Waals surface area contributed by atoms with E-state index in [-0.39, 0.29) is 5.82 Å². The van der Waals surface area contributed by atoms with Crippen molar-refractivity contribution in [1.29, 1.82) is 0 Å². The van der Waals surface area contributed by atoms with Gasteiger partial charge in [0.1, 0.15) is 11.6 Å². The van der Waals surface area contributed by atoms with Crippen molar-refractivity contribution < 1.29 is 9.13 Å². The Labute approximate surface area is 108 Å². The molecule has 0 saturated carbocycles. The summed E-state index contributed by atoms with van der Waals surface area (Å²) in [5.41, 5.74) is 1.89. The average Bonchev–Trinajstić information content (AvgIpc) is 2.29. The zero-order valence-electron chi connectivity index (χ0n) is 9.50. The van der Waals surface area contributed by atoms with Crippen LogP contribution in [0.15, 0.2) is 34.9 Å². The Balaban J connectivity index is 2.31. The van der Waals surface area contributed by atoms with Gasteiger partial charge in [0.2, 0.25) is 5.88 Å². The molecule has 2 aromatic rings. The minimum Gasteiger partial charge on any atom is -0.439 e. The lowest BCUT2D eigenvalue weighted by molar-refractivity contribution is 0.454. The second-order valence-electron chi connectivity index (χ2n) is 3.78. The van der Waals surface area contributed by atoms with Crippen LogP contribution in [-0.4, -0.2) is 4.98 Å². The molecule has 0 unspecified atom stereocenters. The van der Waals surface area contributed by atoms with Gasteiger partial charge in [0.05, 0.1) is 0 Å². The van der Waals surface area contributed by atoms with Crippen molar-refractivity contribution >= 4 is 15.9 Å². The molecule has 0 aliphatic heterocycles. The molecule has 0 atom stereocenters. The van der Waals surface area contributed by atoms with Crippen LogP contribution in [0.2, 0.25) is 0 Å². The maximum Gasteiger partial charge on any atom is 0.219 e. The van der Waals surface area contributed by atoms with Gasteiger partial charge in [-0.15, -0.1) is 0 Å². The molecule has 88 valence electrons. The standard InChI is InChI=1S/C13H11BrFNO/c1-8-3-4-10(15)6-12(8)17-13-5-9(2)11(14)7-16-13/h3-7H,1-2H3. The van der Waals surface area contributed by atoms with Gasteiger partial charge in [0, 0.05) is 22.8 Å². The third-order valence-electron chi connectivity index (χ3n) is 2.39. The lowest BCUT2D eigenvalue weighted by Gasteiger charge is -2.08. The van der Waals surface area contributed by atoms with Gasteiger partial charge in [-0.2, -0.15) is 0 Å². The summed E-state index contributed by atoms with van der Waals surface area (Å²) in [4.78, 5) is 4.11. The number of pyridine rings is 1. The summed E-state index contributed by atoms with van der Waals surface area (Å²) in [6.45, 7) is 3.80. The molecule has 0 fully saturated rings. The number of halogens is 2. The third-order valence-corrected chi connectivity index (χ3v) is 3.22. The Kier molecular flexibility index (Phi) is 3.43. The number of rotatable bonds is 2. The van der Waals surface area contributed by atoms with Crippen molar-refractivity contribution in [3.8, 4) is 11.6 Å². The van der Waals surface area contributed by atoms with Gasteiger partial charge < -0.3 is 4.74 Å². The lowest BCUT2D eigenvalue weighted by atomic mass is 10.2. The molecule has 0 amide bonds. The average molecular weight is 296 g/mol. The predicted molar refractivity (Wildman–Crippen MR) is 67.9 cm³/mol. The van der Waals surface area contributed by atoms with Gasteiger partial charge in [-0.05, 0) is 47.0 Å². The molecule has 0 saturated heterocycles. The van der Waals surface area contributed by atoms with Crippen molar-refractivity contribution in [1.82, 2.24) is 4.98 Å². The number of hydrogen-bond donors (Lipinski definition) is 0. The normalized spacial score (nSPS) is 10.4. The smallest absolute Gasteiger partial charge is 0.219 e. The lowest BCUT2D eigenvalue weighted by Crippen LogP contribution is -1.92. The molecule has 17 heavy (non-hydrogen) atoms. The predicted octanol–water partition coefficient (Wildman–Crippen LogP) is 4.39. The van der Waals surface area contributed by atoms with E-state index in [1.807, 2.05) is 13.8 Å². The Morgan fingerprint density at radius 3 is 2.65 bits per heavy atom. The second-order valence-corrected chi connectivity index (χ2v) is 4.64. The SMILES string of the molecule is Cc1cc(Oc2cc(F)ccc2C)ncc1Br. The van der Waals surface area contributed by atoms with Crippen LogP contribution in [0.1, 0.15) is 11.1 Å². The molecule has 1 aromatic heterocycles. The first-order valence-electron chi connectivity index (χ1n) is 5.12. The zero-order chi connectivity index (χ0) is 12.4. The quantitative estimate of drug-likeness (QED) is 0.820. The molecule has 0 aliphatic rings. The van der Waals surface area contributed by atoms with Gasteiger partial charge in [-0.3, -0.25) is 0 Å². The van der Waals surface area contributed by atoms with Crippen LogP contribution in [0.4, 0.5) is 4.39 Å². The molecule has 0 spiro atoms. The van der Waals surface area contributed by atoms with Gasteiger partial charge in [-0.25, -0.2) is 9.37 Å². The van der Waals surface area contributed by atoms with Gasteiger partial charge in [0.15, 0.2) is 0 Å².